The zero-order chi connectivity index (χ0) is 104. The zero-order valence-electron chi connectivity index (χ0n) is 86.1. The maximum absolute atomic E-state index is 13.4. The minimum atomic E-state index is -3.65. The Balaban J connectivity index is 0.000000196. The Morgan fingerprint density at radius 2 is 1.01 bits per heavy atom. The summed E-state index contributed by atoms with van der Waals surface area (Å²) in [5, 5.41) is 70.4. The van der Waals surface area contributed by atoms with Crippen molar-refractivity contribution in [1.29, 1.82) is 0 Å². The molecular formula is C99H149N23O16S4. The monoisotopic (exact) mass is 2040 g/mol. The first kappa shape index (κ1) is 113. The molecule has 1 aliphatic rings. The largest absolute Gasteiger partial charge is 0.494 e. The molecule has 0 bridgehead atoms. The van der Waals surface area contributed by atoms with Gasteiger partial charge in [0.25, 0.3) is 45.6 Å². The van der Waals surface area contributed by atoms with E-state index in [1.54, 1.807) is 75.9 Å². The molecule has 8 aromatic heterocycles. The number of aromatic nitrogens is 16. The van der Waals surface area contributed by atoms with Crippen LogP contribution in [0, 0.1) is 26.7 Å². The van der Waals surface area contributed by atoms with Crippen molar-refractivity contribution in [2.75, 3.05) is 43.4 Å². The van der Waals surface area contributed by atoms with Crippen LogP contribution in [0.1, 0.15) is 325 Å². The van der Waals surface area contributed by atoms with Crippen molar-refractivity contribution in [3.8, 4) is 34.5 Å². The van der Waals surface area contributed by atoms with E-state index >= 15 is 0 Å². The number of unbranched alkanes of at least 4 members (excludes halogenated alkanes) is 9. The Kier molecular flexibility index (Phi) is 40.8. The van der Waals surface area contributed by atoms with Gasteiger partial charge in [-0.2, -0.15) is 26.8 Å². The minimum absolute atomic E-state index is 0.0661. The maximum Gasteiger partial charge on any atom is 0.288 e. The molecule has 0 saturated heterocycles. The highest BCUT2D eigenvalue weighted by atomic mass is 32.2. The van der Waals surface area contributed by atoms with Crippen LogP contribution in [-0.4, -0.2) is 179 Å². The van der Waals surface area contributed by atoms with Gasteiger partial charge in [0, 0.05) is 105 Å². The zero-order valence-corrected chi connectivity index (χ0v) is 89.3. The first-order valence-electron chi connectivity index (χ1n) is 48.9. The first-order chi connectivity index (χ1) is 67.1. The number of ether oxygens (including phenoxy) is 3. The predicted octanol–water partition coefficient (Wildman–Crippen LogP) is 15.3. The van der Waals surface area contributed by atoms with Crippen molar-refractivity contribution >= 4 is 89.8 Å². The molecule has 1 fully saturated rings. The van der Waals surface area contributed by atoms with Crippen LogP contribution >= 0.6 is 0 Å². The van der Waals surface area contributed by atoms with Crippen molar-refractivity contribution in [1.82, 2.24) is 104 Å². The number of anilines is 1. The fourth-order valence-electron chi connectivity index (χ4n) is 15.5. The molecule has 0 radical (unpaired) electrons. The van der Waals surface area contributed by atoms with Gasteiger partial charge in [0.1, 0.15) is 11.5 Å². The number of benzene rings is 4. The van der Waals surface area contributed by atoms with E-state index < -0.39 is 55.3 Å². The number of fused-ring (bicyclic) bond motifs is 4. The number of aliphatic hydroxyl groups is 2. The molecule has 3 amide bonds. The lowest BCUT2D eigenvalue weighted by atomic mass is 9.84. The molecule has 7 unspecified atom stereocenters. The quantitative estimate of drug-likeness (QED) is 0.0158. The van der Waals surface area contributed by atoms with E-state index in [0.717, 1.165) is 77.3 Å². The number of primary amides is 1. The first-order valence-corrected chi connectivity index (χ1v) is 53.8. The van der Waals surface area contributed by atoms with Crippen LogP contribution in [-0.2, 0) is 87.0 Å². The minimum Gasteiger partial charge on any atom is -0.494 e. The van der Waals surface area contributed by atoms with Gasteiger partial charge < -0.3 is 53.3 Å². The number of nitrogens with zero attached hydrogens (tertiary/aromatic N) is 12. The highest BCUT2D eigenvalue weighted by Crippen LogP contribution is 2.39. The Bertz CT molecular complexity index is 6280. The van der Waals surface area contributed by atoms with Crippen LogP contribution in [0.4, 0.5) is 5.69 Å². The highest BCUT2D eigenvalue weighted by Gasteiger charge is 2.37. The van der Waals surface area contributed by atoms with E-state index in [0.29, 0.717) is 99.6 Å². The van der Waals surface area contributed by atoms with Gasteiger partial charge in [-0.3, -0.25) is 39.5 Å². The second-order valence-electron chi connectivity index (χ2n) is 40.9. The van der Waals surface area contributed by atoms with E-state index in [-0.39, 0.29) is 114 Å². The van der Waals surface area contributed by atoms with E-state index in [9.17, 15) is 35.4 Å². The van der Waals surface area contributed by atoms with Crippen molar-refractivity contribution in [2.24, 2.45) is 11.7 Å². The summed E-state index contributed by atoms with van der Waals surface area (Å²) in [5.41, 5.74) is 14.4. The number of amides is 3. The summed E-state index contributed by atoms with van der Waals surface area (Å²) in [4.78, 5) is 35.3. The average Bonchev–Trinajstić information content (AvgIpc) is 1.63. The number of carbonyl (C=O) groups is 3. The second-order valence-corrected chi connectivity index (χ2v) is 45.3. The van der Waals surface area contributed by atoms with Crippen LogP contribution in [0.25, 0.3) is 22.6 Å². The van der Waals surface area contributed by atoms with Gasteiger partial charge in [-0.1, -0.05) is 206 Å². The van der Waals surface area contributed by atoms with Gasteiger partial charge in [-0.05, 0) is 150 Å². The molecule has 1 aliphatic carbocycles. The van der Waals surface area contributed by atoms with Gasteiger partial charge in [0.05, 0.1) is 50.3 Å². The fourth-order valence-corrected chi connectivity index (χ4v) is 19.5. The average molecular weight is 2050 g/mol. The third kappa shape index (κ3) is 33.2. The van der Waals surface area contributed by atoms with Crippen molar-refractivity contribution in [2.45, 2.75) is 319 Å². The number of hydrogen-bond acceptors (Lipinski definition) is 24. The molecule has 8 heterocycles. The summed E-state index contributed by atoms with van der Waals surface area (Å²) in [7, 11) is -3.65. The predicted molar refractivity (Wildman–Crippen MR) is 552 cm³/mol. The van der Waals surface area contributed by atoms with Gasteiger partial charge in [-0.25, -0.2) is 26.5 Å². The number of aliphatic hydroxyl groups excluding tert-OH is 2. The number of carbonyl (C=O) groups excluding carboxylic acids is 3. The van der Waals surface area contributed by atoms with Crippen LogP contribution < -0.4 is 62.0 Å². The fraction of sp³-hybridized carbons (Fsp3) is 0.566. The van der Waals surface area contributed by atoms with Crippen LogP contribution in [0.2, 0.25) is 0 Å². The number of nitrogens with one attached hydrogen (secondary N) is 10. The van der Waals surface area contributed by atoms with Crippen molar-refractivity contribution in [3.63, 3.8) is 0 Å². The summed E-state index contributed by atoms with van der Waals surface area (Å²) >= 11 is -5.69. The normalized spacial score (nSPS) is 14.4. The molecule has 4 aromatic carbocycles. The van der Waals surface area contributed by atoms with E-state index in [1.807, 2.05) is 94.6 Å². The van der Waals surface area contributed by atoms with Crippen molar-refractivity contribution < 1.29 is 72.4 Å². The maximum atomic E-state index is 13.4. The van der Waals surface area contributed by atoms with Gasteiger partial charge in [0.15, 0.2) is 75.0 Å². The van der Waals surface area contributed by atoms with E-state index in [4.69, 9.17) is 42.7 Å². The van der Waals surface area contributed by atoms with Gasteiger partial charge in [0.2, 0.25) is 15.9 Å². The third-order valence-electron chi connectivity index (χ3n) is 23.9. The van der Waals surface area contributed by atoms with Crippen molar-refractivity contribution in [3.05, 3.63) is 171 Å². The molecule has 7 atom stereocenters. The summed E-state index contributed by atoms with van der Waals surface area (Å²) in [6.45, 7) is 43.1. The third-order valence-corrected chi connectivity index (χ3v) is 27.8. The summed E-state index contributed by atoms with van der Waals surface area (Å²) in [6, 6.07) is 29.7. The highest BCUT2D eigenvalue weighted by molar-refractivity contribution is 7.92. The molecule has 142 heavy (non-hydrogen) atoms. The lowest BCUT2D eigenvalue weighted by molar-refractivity contribution is -0.127. The van der Waals surface area contributed by atoms with Crippen LogP contribution in [0.5, 0.6) is 34.5 Å². The molecule has 0 spiro atoms. The molecular weight excluding hydrogens is 1900 g/mol. The number of aryl methyl sites for hydroxylation is 3. The Morgan fingerprint density at radius 1 is 0.528 bits per heavy atom. The Hall–Kier alpha value is -11.2. The number of sulfonamides is 1. The molecule has 43 heteroatoms. The molecule has 1 saturated carbocycles. The number of H-pyrrole nitrogens is 4. The standard InChI is InChI=1S/C30H49N5O3S.C27H40N6O5S.C23H34N6O4S.C19H26N6O4S/c1-7-8-9-10-11-12-13-14-15-16-21-38-25-19-17-24(18-20-25)34-39(36,37)23-30(5,6)28-32-31-27-22-26(29(2,3)4)33-35(27)28;1-17-11-12-20(37-18(2)26(35)28-13-14-34)21(15-17)38-39(36)32-24(19-9-7-6-8-10-19)25-30-29-23-16-22(27(3,4)5)31-33(23)25;1-7-16(22-26-25-21-13-19(23(4,5)6)27-29(21)22)28-34(31)33-18-12-14(2)8-10-17(18)32-15(3)9-11-20(24)30;1-12-5-6-13(18(27)20-7-8-26)9-14(12)29-30(28)21-11-17-23-22-16-10-15(19(2,3)4)24-25(16)17/h17-20,22,33-34H,7-16,21,23H2,1-6H3;11-12,15-16,18-19,24,31-32,34H,6-10,13-14H2,1-5H3,(H,28,35);8,10,12-13,15-16,27-28H,7,9,11H2,1-6H3,(H2,24,30);5-6,9-10,21,24,26H,7-8,11H2,1-4H3,(H,20,27). The van der Waals surface area contributed by atoms with E-state index in [1.165, 1.54) is 70.3 Å². The Labute approximate surface area is 840 Å². The molecule has 39 nitrogen and oxygen atoms in total. The SMILES string of the molecule is CCC(NS(=O)Oc1cc(C)ccc1OC(C)CCC(N)=O)c1nnc2cc(C(C)(C)C)[nH]n12.CCCCCCCCCCCCOc1ccc(NS(=O)(=O)CC(C)(C)c2nnc3cc(C(C)(C)C)[nH]n23)cc1.Cc1ccc(C(=O)NCCO)cc1OS(=O)NCc1nnc2cc(C(C)(C)C)[nH]n12.Cc1ccc(OC(C)C(=O)NCCO)c(OS(=O)NC(c2nnc3cc(C(C)(C)C)[nH]n23)C2CCCCC2)c1. The topological polar surface area (TPSA) is 515 Å². The Morgan fingerprint density at radius 3 is 1.56 bits per heavy atom. The summed E-state index contributed by atoms with van der Waals surface area (Å²) in [5.74, 6) is 3.79. The molecule has 14 N–H and O–H groups in total. The number of hydrogen-bond donors (Lipinski definition) is 13. The smallest absolute Gasteiger partial charge is 0.288 e. The van der Waals surface area contributed by atoms with Crippen LogP contribution in [0.3, 0.4) is 0 Å². The lowest BCUT2D eigenvalue weighted by Crippen LogP contribution is -2.38. The number of nitrogens with two attached hydrogens (primary N) is 1. The number of rotatable bonds is 47. The van der Waals surface area contributed by atoms with Crippen LogP contribution in [0.15, 0.2) is 103 Å². The second kappa shape index (κ2) is 51.3. The van der Waals surface area contributed by atoms with Gasteiger partial charge >= 0.3 is 0 Å². The number of aromatic amines is 4. The lowest BCUT2D eigenvalue weighted by Gasteiger charge is -2.29. The molecule has 0 aliphatic heterocycles. The van der Waals surface area contributed by atoms with Gasteiger partial charge in [-0.15, -0.1) is 40.8 Å². The molecule has 13 rings (SSSR count). The molecule has 12 aromatic rings. The summed E-state index contributed by atoms with van der Waals surface area (Å²) < 4.78 is 118. The summed E-state index contributed by atoms with van der Waals surface area (Å²) in [6.07, 6.45) is 18.4. The van der Waals surface area contributed by atoms with E-state index in [2.05, 4.69) is 181 Å². The molecule has 780 valence electrons.